The predicted octanol–water partition coefficient (Wildman–Crippen LogP) is 1.82. The van der Waals surface area contributed by atoms with Crippen molar-refractivity contribution in [2.24, 2.45) is 0 Å². The van der Waals surface area contributed by atoms with Crippen molar-refractivity contribution in [3.8, 4) is 0 Å². The number of benzene rings is 1. The highest BCUT2D eigenvalue weighted by molar-refractivity contribution is 7.91. The molecule has 1 aliphatic rings. The molecule has 0 amide bonds. The van der Waals surface area contributed by atoms with Crippen LogP contribution in [0.3, 0.4) is 0 Å². The summed E-state index contributed by atoms with van der Waals surface area (Å²) >= 11 is 0. The van der Waals surface area contributed by atoms with Crippen LogP contribution in [0, 0.1) is 13.8 Å². The Labute approximate surface area is 140 Å². The normalized spacial score (nSPS) is 14.8. The van der Waals surface area contributed by atoms with E-state index in [1.54, 1.807) is 35.8 Å². The topological polar surface area (TPSA) is 76.4 Å². The lowest BCUT2D eigenvalue weighted by atomic mass is 10.1. The molecular formula is C17H18N4O2S. The molecule has 0 unspecified atom stereocenters. The van der Waals surface area contributed by atoms with E-state index in [0.717, 1.165) is 36.3 Å². The number of aromatic nitrogens is 3. The zero-order valence-electron chi connectivity index (χ0n) is 13.6. The SMILES string of the molecule is Cc1cccc(S(=O)(=O)c2c(C)nn3c4c(cnc23)CNCC4)c1. The highest BCUT2D eigenvalue weighted by atomic mass is 32.2. The second kappa shape index (κ2) is 5.39. The summed E-state index contributed by atoms with van der Waals surface area (Å²) in [5, 5.41) is 7.78. The Morgan fingerprint density at radius 2 is 2.08 bits per heavy atom. The van der Waals surface area contributed by atoms with Crippen LogP contribution in [0.2, 0.25) is 0 Å². The van der Waals surface area contributed by atoms with Crippen molar-refractivity contribution in [2.45, 2.75) is 36.6 Å². The monoisotopic (exact) mass is 342 g/mol. The first kappa shape index (κ1) is 15.3. The van der Waals surface area contributed by atoms with Crippen molar-refractivity contribution < 1.29 is 8.42 Å². The Morgan fingerprint density at radius 3 is 2.88 bits per heavy atom. The minimum absolute atomic E-state index is 0.203. The van der Waals surface area contributed by atoms with Crippen LogP contribution >= 0.6 is 0 Å². The number of fused-ring (bicyclic) bond motifs is 3. The molecule has 0 bridgehead atoms. The molecular weight excluding hydrogens is 324 g/mol. The predicted molar refractivity (Wildman–Crippen MR) is 89.8 cm³/mol. The van der Waals surface area contributed by atoms with Crippen molar-refractivity contribution in [3.05, 3.63) is 53.0 Å². The van der Waals surface area contributed by atoms with Gasteiger partial charge in [-0.2, -0.15) is 5.10 Å². The summed E-state index contributed by atoms with van der Waals surface area (Å²) in [7, 11) is -3.66. The van der Waals surface area contributed by atoms with Crippen molar-refractivity contribution in [3.63, 3.8) is 0 Å². The second-order valence-electron chi connectivity index (χ2n) is 6.13. The Bertz CT molecular complexity index is 1050. The van der Waals surface area contributed by atoms with Gasteiger partial charge in [0, 0.05) is 31.3 Å². The first-order valence-corrected chi connectivity index (χ1v) is 9.35. The van der Waals surface area contributed by atoms with Crippen LogP contribution in [0.15, 0.2) is 40.3 Å². The van der Waals surface area contributed by atoms with E-state index >= 15 is 0 Å². The van der Waals surface area contributed by atoms with Gasteiger partial charge in [0.1, 0.15) is 4.90 Å². The number of rotatable bonds is 2. The maximum absolute atomic E-state index is 13.1. The van der Waals surface area contributed by atoms with Crippen LogP contribution in [0.4, 0.5) is 0 Å². The molecule has 7 heteroatoms. The summed E-state index contributed by atoms with van der Waals surface area (Å²) in [4.78, 5) is 4.89. The molecule has 3 aromatic rings. The van der Waals surface area contributed by atoms with Gasteiger partial charge in [-0.1, -0.05) is 12.1 Å². The molecule has 0 spiro atoms. The van der Waals surface area contributed by atoms with E-state index < -0.39 is 9.84 Å². The van der Waals surface area contributed by atoms with E-state index in [4.69, 9.17) is 0 Å². The third kappa shape index (κ3) is 2.23. The maximum atomic E-state index is 13.1. The Hall–Kier alpha value is -2.25. The smallest absolute Gasteiger partial charge is 0.212 e. The van der Waals surface area contributed by atoms with Crippen LogP contribution in [0.1, 0.15) is 22.5 Å². The van der Waals surface area contributed by atoms with Crippen LogP contribution in [0.25, 0.3) is 5.65 Å². The lowest BCUT2D eigenvalue weighted by Gasteiger charge is -2.17. The maximum Gasteiger partial charge on any atom is 0.212 e. The van der Waals surface area contributed by atoms with Gasteiger partial charge in [0.2, 0.25) is 9.84 Å². The highest BCUT2D eigenvalue weighted by Crippen LogP contribution is 2.29. The van der Waals surface area contributed by atoms with E-state index in [9.17, 15) is 8.42 Å². The van der Waals surface area contributed by atoms with Gasteiger partial charge in [-0.15, -0.1) is 0 Å². The van der Waals surface area contributed by atoms with Gasteiger partial charge in [0.25, 0.3) is 0 Å². The molecule has 3 heterocycles. The van der Waals surface area contributed by atoms with Gasteiger partial charge in [0.15, 0.2) is 5.65 Å². The highest BCUT2D eigenvalue weighted by Gasteiger charge is 2.28. The molecule has 1 aromatic carbocycles. The van der Waals surface area contributed by atoms with Gasteiger partial charge < -0.3 is 5.32 Å². The quantitative estimate of drug-likeness (QED) is 0.769. The average molecular weight is 342 g/mol. The molecule has 2 aromatic heterocycles. The third-order valence-corrected chi connectivity index (χ3v) is 6.26. The Morgan fingerprint density at radius 1 is 1.25 bits per heavy atom. The van der Waals surface area contributed by atoms with E-state index in [2.05, 4.69) is 15.4 Å². The standard InChI is InChI=1S/C17H18N4O2S/c1-11-4-3-5-14(8-11)24(22,23)16-12(2)20-21-15-6-7-18-9-13(15)10-19-17(16)21/h3-5,8,10,18H,6-7,9H2,1-2H3. The van der Waals surface area contributed by atoms with Crippen LogP contribution in [-0.2, 0) is 22.8 Å². The van der Waals surface area contributed by atoms with Crippen molar-refractivity contribution in [2.75, 3.05) is 6.54 Å². The van der Waals surface area contributed by atoms with Crippen LogP contribution < -0.4 is 5.32 Å². The molecule has 0 radical (unpaired) electrons. The van der Waals surface area contributed by atoms with E-state index in [-0.39, 0.29) is 9.79 Å². The number of sulfone groups is 1. The molecule has 6 nitrogen and oxygen atoms in total. The van der Waals surface area contributed by atoms with Gasteiger partial charge in [0.05, 0.1) is 16.3 Å². The number of hydrogen-bond acceptors (Lipinski definition) is 5. The molecule has 24 heavy (non-hydrogen) atoms. The lowest BCUT2D eigenvalue weighted by molar-refractivity contribution is 0.596. The fourth-order valence-corrected chi connectivity index (χ4v) is 4.85. The molecule has 4 rings (SSSR count). The third-order valence-electron chi connectivity index (χ3n) is 4.37. The number of hydrogen-bond donors (Lipinski definition) is 1. The summed E-state index contributed by atoms with van der Waals surface area (Å²) in [5.74, 6) is 0. The van der Waals surface area contributed by atoms with Crippen LogP contribution in [0.5, 0.6) is 0 Å². The Kier molecular flexibility index (Phi) is 3.43. The molecule has 0 fully saturated rings. The zero-order valence-corrected chi connectivity index (χ0v) is 14.4. The minimum Gasteiger partial charge on any atom is -0.312 e. The molecule has 1 N–H and O–H groups in total. The average Bonchev–Trinajstić information content (AvgIpc) is 2.92. The number of nitrogens with zero attached hydrogens (tertiary/aromatic N) is 3. The van der Waals surface area contributed by atoms with Gasteiger partial charge >= 0.3 is 0 Å². The first-order chi connectivity index (χ1) is 11.5. The zero-order chi connectivity index (χ0) is 16.9. The lowest BCUT2D eigenvalue weighted by Crippen LogP contribution is -2.26. The second-order valence-corrected chi connectivity index (χ2v) is 8.01. The van der Waals surface area contributed by atoms with Crippen molar-refractivity contribution in [1.82, 2.24) is 19.9 Å². The summed E-state index contributed by atoms with van der Waals surface area (Å²) in [5.41, 5.74) is 3.90. The fraction of sp³-hybridized carbons (Fsp3) is 0.294. The summed E-state index contributed by atoms with van der Waals surface area (Å²) in [6.07, 6.45) is 2.56. The van der Waals surface area contributed by atoms with E-state index in [0.29, 0.717) is 11.3 Å². The molecule has 0 saturated carbocycles. The molecule has 0 saturated heterocycles. The van der Waals surface area contributed by atoms with E-state index in [1.165, 1.54) is 0 Å². The van der Waals surface area contributed by atoms with Crippen molar-refractivity contribution >= 4 is 15.5 Å². The minimum atomic E-state index is -3.66. The largest absolute Gasteiger partial charge is 0.312 e. The van der Waals surface area contributed by atoms with Gasteiger partial charge in [-0.05, 0) is 31.5 Å². The van der Waals surface area contributed by atoms with Gasteiger partial charge in [-0.25, -0.2) is 17.9 Å². The summed E-state index contributed by atoms with van der Waals surface area (Å²) < 4.78 is 28.0. The van der Waals surface area contributed by atoms with Crippen molar-refractivity contribution in [1.29, 1.82) is 0 Å². The number of nitrogens with one attached hydrogen (secondary N) is 1. The Balaban J connectivity index is 1.99. The summed E-state index contributed by atoms with van der Waals surface area (Å²) in [6, 6.07) is 6.93. The molecule has 0 aliphatic carbocycles. The summed E-state index contributed by atoms with van der Waals surface area (Å²) in [6.45, 7) is 5.19. The van der Waals surface area contributed by atoms with E-state index in [1.807, 2.05) is 13.0 Å². The number of aryl methyl sites for hydroxylation is 2. The van der Waals surface area contributed by atoms with Gasteiger partial charge in [-0.3, -0.25) is 0 Å². The molecule has 1 aliphatic heterocycles. The molecule has 0 atom stereocenters. The van der Waals surface area contributed by atoms with Crippen LogP contribution in [-0.4, -0.2) is 29.6 Å². The molecule has 124 valence electrons. The fourth-order valence-electron chi connectivity index (χ4n) is 3.21. The first-order valence-electron chi connectivity index (χ1n) is 7.87.